The normalized spacial score (nSPS) is 15.3. The molecule has 0 radical (unpaired) electrons. The fraction of sp³-hybridized carbons (Fsp3) is 0.571. The van der Waals surface area contributed by atoms with Gasteiger partial charge in [-0.05, 0) is 183 Å². The summed E-state index contributed by atoms with van der Waals surface area (Å²) in [5.74, 6) is 1.17. The predicted octanol–water partition coefficient (Wildman–Crippen LogP) is 37.2. The third kappa shape index (κ3) is 27.1. The third-order valence-corrected chi connectivity index (χ3v) is 38.1. The zero-order chi connectivity index (χ0) is 90.1. The van der Waals surface area contributed by atoms with Gasteiger partial charge in [-0.1, -0.05) is 324 Å². The van der Waals surface area contributed by atoms with E-state index in [4.69, 9.17) is 0 Å². The Morgan fingerprint density at radius 1 is 0.194 bits per heavy atom. The molecule has 4 amide bonds. The molecule has 0 saturated heterocycles. The number of fused-ring (bicyclic) bond motifs is 2. The summed E-state index contributed by atoms with van der Waals surface area (Å²) in [6, 6.07) is 40.2. The van der Waals surface area contributed by atoms with E-state index in [1.54, 1.807) is 79.4 Å². The zero-order valence-electron chi connectivity index (χ0n) is 79.7. The van der Waals surface area contributed by atoms with Crippen LogP contribution in [0.3, 0.4) is 0 Å². The van der Waals surface area contributed by atoms with E-state index in [9.17, 15) is 0 Å². The first kappa shape index (κ1) is 101. The molecule has 9 aromatic heterocycles. The van der Waals surface area contributed by atoms with Crippen molar-refractivity contribution >= 4 is 148 Å². The van der Waals surface area contributed by atoms with Crippen molar-refractivity contribution in [3.8, 4) is 58.5 Å². The molecule has 4 aliphatic heterocycles. The second-order valence-corrected chi connectivity index (χ2v) is 47.2. The van der Waals surface area contributed by atoms with Gasteiger partial charge in [0.1, 0.15) is 0 Å². The zero-order valence-corrected chi connectivity index (χ0v) is 87.1. The van der Waals surface area contributed by atoms with Crippen LogP contribution in [0.1, 0.15) is 383 Å². The lowest BCUT2D eigenvalue weighted by atomic mass is 9.93. The number of hydrogen-bond donors (Lipinski definition) is 0. The Kier molecular flexibility index (Phi) is 41.7. The smallest absolute Gasteiger partial charge is 0.261 e. The number of nitrogens with zero attached hydrogens (tertiary/aromatic N) is 4. The van der Waals surface area contributed by atoms with Gasteiger partial charge in [0.15, 0.2) is 0 Å². The molecule has 0 N–H and O–H groups in total. The molecule has 4 unspecified atom stereocenters. The summed E-state index contributed by atoms with van der Waals surface area (Å²) >= 11 is 16.0. The molecule has 4 aliphatic rings. The van der Waals surface area contributed by atoms with Crippen molar-refractivity contribution in [3.63, 3.8) is 0 Å². The monoisotopic (exact) mass is 1900 g/mol. The highest BCUT2D eigenvalue weighted by Crippen LogP contribution is 2.56. The van der Waals surface area contributed by atoms with E-state index >= 15 is 19.2 Å². The molecule has 8 nitrogen and oxygen atoms in total. The molecule has 13 heterocycles. The number of thiophene rings is 9. The summed E-state index contributed by atoms with van der Waals surface area (Å²) in [5, 5.41) is 4.31. The Morgan fingerprint density at radius 3 is 0.527 bits per heavy atom. The maximum Gasteiger partial charge on any atom is 0.261 e. The Labute approximate surface area is 813 Å². The number of carbonyl (C=O) groups is 4. The largest absolute Gasteiger partial charge is 0.306 e. The molecular formula is C112H152N4O4S9. The van der Waals surface area contributed by atoms with Gasteiger partial charge in [0.2, 0.25) is 0 Å². The van der Waals surface area contributed by atoms with E-state index < -0.39 is 0 Å². The fourth-order valence-electron chi connectivity index (χ4n) is 20.2. The lowest BCUT2D eigenvalue weighted by Gasteiger charge is -2.29. The van der Waals surface area contributed by atoms with Crippen LogP contribution in [0.4, 0.5) is 0 Å². The molecule has 0 aliphatic carbocycles. The summed E-state index contributed by atoms with van der Waals surface area (Å²) in [6.07, 6.45) is 57.0. The average Bonchev–Trinajstić information content (AvgIpc) is 1.55. The Hall–Kier alpha value is -5.86. The van der Waals surface area contributed by atoms with E-state index in [0.29, 0.717) is 72.1 Å². The van der Waals surface area contributed by atoms with Crippen molar-refractivity contribution in [2.45, 2.75) is 364 Å². The first-order valence-corrected chi connectivity index (χ1v) is 58.9. The van der Waals surface area contributed by atoms with Gasteiger partial charge in [-0.25, -0.2) is 0 Å². The molecule has 17 heteroatoms. The third-order valence-electron chi connectivity index (χ3n) is 27.5. The highest BCUT2D eigenvalue weighted by Gasteiger charge is 2.52. The quantitative estimate of drug-likeness (QED) is 0.0356. The van der Waals surface area contributed by atoms with Gasteiger partial charge in [0.25, 0.3) is 23.6 Å². The van der Waals surface area contributed by atoms with Crippen molar-refractivity contribution in [1.29, 1.82) is 0 Å². The minimum Gasteiger partial charge on any atom is -0.306 e. The maximum atomic E-state index is 16.7. The predicted molar refractivity (Wildman–Crippen MR) is 568 cm³/mol. The van der Waals surface area contributed by atoms with Gasteiger partial charge in [-0.3, -0.25) is 19.2 Å². The van der Waals surface area contributed by atoms with E-state index in [1.165, 1.54) is 235 Å². The molecule has 0 saturated carbocycles. The SMILES string of the molecule is CCCCCCCCC(CCCCCC)CN1C(=O)C2=C(c3ccc(-c4ccc(-c5ccc(C6=C7C(=O)N(CC(CCCCCC)CCCCCCCC)C(c8ccc(-c9ccc(-c%10cccs%10)s9)s8)=C7C(=O)N6CC(CCCCCC)CCCCCCCC)s5)s4)s3)N(CC(CCCCCC)CCCCCCCC)C(=O)C2=C1c1ccc(-c2ccc(-c3cccs3)s2)s1. The first-order valence-electron chi connectivity index (χ1n) is 51.4. The molecule has 698 valence electrons. The fourth-order valence-corrected chi connectivity index (χ4v) is 29.5. The van der Waals surface area contributed by atoms with Crippen LogP contribution in [0, 0.1) is 23.7 Å². The number of amides is 4. The van der Waals surface area contributed by atoms with Crippen LogP contribution in [-0.2, 0) is 19.2 Å². The second kappa shape index (κ2) is 53.4. The van der Waals surface area contributed by atoms with Crippen LogP contribution < -0.4 is 0 Å². The minimum atomic E-state index is -0.00986. The van der Waals surface area contributed by atoms with E-state index in [-0.39, 0.29) is 23.6 Å². The lowest BCUT2D eigenvalue weighted by molar-refractivity contribution is -0.124. The van der Waals surface area contributed by atoms with E-state index in [2.05, 4.69) is 195 Å². The standard InChI is InChI=1S/C112H152N4O4S9/c1-9-17-25-33-37-45-55-81(51-41-29-21-13-5)77-113-105(97-71-67-93(126-97)89-63-61-87(123-89)85-59-49-75-121-85)101-103(111(113)119)107(115(109(101)117)79-83(53-43-31-23-15-7)57-47-39-35-27-19-11-3)99-73-69-95(128-99)91-65-66-92(125-91)96-70-74-100(129-96)108-104-102(110(118)116(108)80-84(54-44-32-24-16-8)58-48-40-36-28-20-12-4)106(98-72-68-94(127-98)90-64-62-88(124-90)86-60-50-76-122-86)114(112(104)120)78-82(52-42-30-22-14-6)56-46-38-34-26-18-10-2/h49-50,59-76,81-84H,9-48,51-58,77-80H2,1-8H3. The number of rotatable bonds is 66. The van der Waals surface area contributed by atoms with E-state index in [1.807, 2.05) is 22.7 Å². The van der Waals surface area contributed by atoms with Gasteiger partial charge in [0, 0.05) is 84.7 Å². The average molecular weight is 1910 g/mol. The Morgan fingerprint density at radius 2 is 0.349 bits per heavy atom. The van der Waals surface area contributed by atoms with Crippen molar-refractivity contribution in [2.75, 3.05) is 26.2 Å². The van der Waals surface area contributed by atoms with Gasteiger partial charge >= 0.3 is 0 Å². The van der Waals surface area contributed by atoms with E-state index in [0.717, 1.165) is 174 Å². The molecule has 4 atom stereocenters. The van der Waals surface area contributed by atoms with Crippen LogP contribution in [-0.4, -0.2) is 69.4 Å². The number of carbonyl (C=O) groups excluding carboxylic acids is 4. The number of unbranched alkanes of at least 4 members (excludes halogenated alkanes) is 32. The molecule has 0 bridgehead atoms. The molecule has 13 rings (SSSR count). The van der Waals surface area contributed by atoms with Crippen molar-refractivity contribution < 1.29 is 19.2 Å². The molecular weight excluding hydrogens is 1750 g/mol. The highest BCUT2D eigenvalue weighted by atomic mass is 32.1. The summed E-state index contributed by atoms with van der Waals surface area (Å²) in [4.78, 5) is 93.4. The van der Waals surface area contributed by atoms with Gasteiger partial charge in [0.05, 0.1) is 64.6 Å². The highest BCUT2D eigenvalue weighted by molar-refractivity contribution is 7.28. The second-order valence-electron chi connectivity index (χ2n) is 37.7. The minimum absolute atomic E-state index is 0.00986. The number of hydrogen-bond acceptors (Lipinski definition) is 13. The van der Waals surface area contributed by atoms with Crippen molar-refractivity contribution in [2.24, 2.45) is 23.7 Å². The summed E-state index contributed by atoms with van der Waals surface area (Å²) in [5.41, 5.74) is 5.70. The molecule has 0 fully saturated rings. The molecule has 0 spiro atoms. The van der Waals surface area contributed by atoms with Gasteiger partial charge < -0.3 is 19.6 Å². The molecule has 0 aromatic carbocycles. The lowest BCUT2D eigenvalue weighted by Crippen LogP contribution is -2.34. The summed E-state index contributed by atoms with van der Waals surface area (Å²) < 4.78 is 0. The molecule has 129 heavy (non-hydrogen) atoms. The summed E-state index contributed by atoms with van der Waals surface area (Å²) in [6.45, 7) is 20.8. The van der Waals surface area contributed by atoms with Gasteiger partial charge in [-0.2, -0.15) is 0 Å². The van der Waals surface area contributed by atoms with Crippen LogP contribution >= 0.6 is 102 Å². The van der Waals surface area contributed by atoms with Crippen LogP contribution in [0.25, 0.3) is 81.3 Å². The Bertz CT molecular complexity index is 4730. The van der Waals surface area contributed by atoms with Gasteiger partial charge in [-0.15, -0.1) is 102 Å². The first-order chi connectivity index (χ1) is 63.4. The van der Waals surface area contributed by atoms with Crippen LogP contribution in [0.15, 0.2) is 142 Å². The summed E-state index contributed by atoms with van der Waals surface area (Å²) in [7, 11) is 0. The van der Waals surface area contributed by atoms with Crippen LogP contribution in [0.5, 0.6) is 0 Å². The maximum absolute atomic E-state index is 16.7. The van der Waals surface area contributed by atoms with Crippen molar-refractivity contribution in [3.05, 3.63) is 162 Å². The molecule has 9 aromatic rings. The van der Waals surface area contributed by atoms with Crippen LogP contribution in [0.2, 0.25) is 0 Å². The van der Waals surface area contributed by atoms with Crippen molar-refractivity contribution in [1.82, 2.24) is 19.6 Å². The Balaban J connectivity index is 0.898. The topological polar surface area (TPSA) is 81.2 Å².